The predicted molar refractivity (Wildman–Crippen MR) is 21.5 cm³/mol. The van der Waals surface area contributed by atoms with Gasteiger partial charge >= 0.3 is 0 Å². The van der Waals surface area contributed by atoms with Crippen molar-refractivity contribution < 1.29 is 8.81 Å². The summed E-state index contributed by atoms with van der Waals surface area (Å²) >= 11 is 5.02. The highest BCUT2D eigenvalue weighted by atomic mass is 35.5. The summed E-state index contributed by atoms with van der Waals surface area (Å²) in [5.74, 6) is -0.762. The zero-order chi connectivity index (χ0) is 5.28. The number of aromatic nitrogens is 1. The first-order valence-electron chi connectivity index (χ1n) is 1.55. The fraction of sp³-hybridized carbons (Fsp3) is 0. The highest BCUT2D eigenvalue weighted by Gasteiger charge is 1.99. The first-order chi connectivity index (χ1) is 3.30. The van der Waals surface area contributed by atoms with Gasteiger partial charge in [-0.1, -0.05) is 0 Å². The Bertz CT molecular complexity index is 147. The average Bonchev–Trinajstić information content (AvgIpc) is 1.91. The normalized spacial score (nSPS) is 9.43. The summed E-state index contributed by atoms with van der Waals surface area (Å²) in [5, 5.41) is -0.292. The van der Waals surface area contributed by atoms with Crippen LogP contribution in [0.15, 0.2) is 10.8 Å². The van der Waals surface area contributed by atoms with Crippen molar-refractivity contribution in [1.82, 2.24) is 4.98 Å². The summed E-state index contributed by atoms with van der Waals surface area (Å²) in [4.78, 5) is 3.05. The van der Waals surface area contributed by atoms with Gasteiger partial charge in [0.25, 0.3) is 5.95 Å². The van der Waals surface area contributed by atoms with Gasteiger partial charge in [0.1, 0.15) is 0 Å². The molecule has 0 N–H and O–H groups in total. The minimum atomic E-state index is -0.762. The van der Waals surface area contributed by atoms with Crippen molar-refractivity contribution in [3.05, 3.63) is 17.6 Å². The molecule has 0 fully saturated rings. The Hall–Kier alpha value is -0.570. The molecule has 0 atom stereocenters. The van der Waals surface area contributed by atoms with E-state index in [0.29, 0.717) is 0 Å². The predicted octanol–water partition coefficient (Wildman–Crippen LogP) is 1.47. The van der Waals surface area contributed by atoms with Crippen LogP contribution in [0.2, 0.25) is 5.22 Å². The van der Waals surface area contributed by atoms with E-state index >= 15 is 0 Å². The first-order valence-corrected chi connectivity index (χ1v) is 1.93. The van der Waals surface area contributed by atoms with E-state index in [4.69, 9.17) is 11.6 Å². The van der Waals surface area contributed by atoms with Crippen molar-refractivity contribution in [1.29, 1.82) is 0 Å². The first kappa shape index (κ1) is 4.59. The van der Waals surface area contributed by atoms with E-state index in [9.17, 15) is 4.39 Å². The Morgan fingerprint density at radius 2 is 2.57 bits per heavy atom. The van der Waals surface area contributed by atoms with Crippen LogP contribution in [0.4, 0.5) is 4.39 Å². The molecule has 0 aliphatic carbocycles. The Kier molecular flexibility index (Phi) is 0.982. The second-order valence-electron chi connectivity index (χ2n) is 0.917. The zero-order valence-electron chi connectivity index (χ0n) is 3.19. The molecule has 0 saturated carbocycles. The molecule has 2 nitrogen and oxygen atoms in total. The smallest absolute Gasteiger partial charge is 0.270 e. The molecule has 0 aliphatic heterocycles. The van der Waals surface area contributed by atoms with Crippen LogP contribution in [-0.4, -0.2) is 4.98 Å². The summed E-state index contributed by atoms with van der Waals surface area (Å²) in [6.07, 6.45) is 0.942. The van der Waals surface area contributed by atoms with E-state index in [1.165, 1.54) is 0 Å². The fourth-order valence-electron chi connectivity index (χ4n) is 0.218. The molecule has 1 aromatic heterocycles. The highest BCUT2D eigenvalue weighted by Crippen LogP contribution is 2.09. The lowest BCUT2D eigenvalue weighted by atomic mass is 10.9. The van der Waals surface area contributed by atoms with Crippen LogP contribution in [0, 0.1) is 5.95 Å². The average molecular weight is 121 g/mol. The molecule has 4 heteroatoms. The second-order valence-corrected chi connectivity index (χ2v) is 1.26. The van der Waals surface area contributed by atoms with Crippen LogP contribution in [0.3, 0.4) is 0 Å². The van der Waals surface area contributed by atoms with Gasteiger partial charge < -0.3 is 4.42 Å². The van der Waals surface area contributed by atoms with E-state index < -0.39 is 5.95 Å². The van der Waals surface area contributed by atoms with Gasteiger partial charge in [-0.3, -0.25) is 0 Å². The Labute approximate surface area is 43.9 Å². The van der Waals surface area contributed by atoms with Crippen molar-refractivity contribution in [2.24, 2.45) is 0 Å². The largest absolute Gasteiger partial charge is 0.429 e. The Balaban J connectivity index is 3.12. The minimum Gasteiger partial charge on any atom is -0.429 e. The lowest BCUT2D eigenvalue weighted by Gasteiger charge is -1.69. The van der Waals surface area contributed by atoms with Crippen LogP contribution in [0.1, 0.15) is 0 Å². The van der Waals surface area contributed by atoms with Gasteiger partial charge in [-0.25, -0.2) is 0 Å². The van der Waals surface area contributed by atoms with Crippen molar-refractivity contribution in [3.63, 3.8) is 0 Å². The van der Waals surface area contributed by atoms with E-state index in [-0.39, 0.29) is 5.22 Å². The minimum absolute atomic E-state index is 0.292. The number of hydrogen-bond acceptors (Lipinski definition) is 2. The van der Waals surface area contributed by atoms with Gasteiger partial charge in [-0.15, -0.1) is 0 Å². The molecule has 0 aliphatic rings. The second kappa shape index (κ2) is 1.50. The van der Waals surface area contributed by atoms with E-state index in [1.807, 2.05) is 0 Å². The van der Waals surface area contributed by atoms with Crippen LogP contribution >= 0.6 is 11.6 Å². The monoisotopic (exact) mass is 121 g/mol. The molecule has 0 radical (unpaired) electrons. The molecular weight excluding hydrogens is 120 g/mol. The molecule has 1 heterocycles. The maximum absolute atomic E-state index is 11.7. The molecule has 0 bridgehead atoms. The lowest BCUT2D eigenvalue weighted by Crippen LogP contribution is -1.65. The summed E-state index contributed by atoms with van der Waals surface area (Å²) in [5.41, 5.74) is 0. The highest BCUT2D eigenvalue weighted by molar-refractivity contribution is 6.28. The molecule has 0 unspecified atom stereocenters. The summed E-state index contributed by atoms with van der Waals surface area (Å²) < 4.78 is 16.0. The standard InChI is InChI=1S/C3HClFNO/c4-2-3(5)6-1-7-2/h1H. The topological polar surface area (TPSA) is 26.0 Å². The molecule has 1 aromatic rings. The number of halogens is 2. The molecule has 0 saturated heterocycles. The van der Waals surface area contributed by atoms with Crippen molar-refractivity contribution in [3.8, 4) is 0 Å². The summed E-state index contributed by atoms with van der Waals surface area (Å²) in [6, 6.07) is 0. The van der Waals surface area contributed by atoms with Gasteiger partial charge in [-0.2, -0.15) is 9.37 Å². The third-order valence-electron chi connectivity index (χ3n) is 0.484. The third-order valence-corrected chi connectivity index (χ3v) is 0.729. The number of rotatable bonds is 0. The van der Waals surface area contributed by atoms with Crippen LogP contribution in [0.25, 0.3) is 0 Å². The van der Waals surface area contributed by atoms with Crippen molar-refractivity contribution >= 4 is 11.6 Å². The number of hydrogen-bond donors (Lipinski definition) is 0. The number of nitrogens with zero attached hydrogens (tertiary/aromatic N) is 1. The number of oxazole rings is 1. The summed E-state index contributed by atoms with van der Waals surface area (Å²) in [7, 11) is 0. The maximum atomic E-state index is 11.7. The van der Waals surface area contributed by atoms with Gasteiger partial charge in [0, 0.05) is 0 Å². The molecule has 38 valence electrons. The molecule has 0 spiro atoms. The van der Waals surface area contributed by atoms with Gasteiger partial charge in [0.15, 0.2) is 6.39 Å². The lowest BCUT2D eigenvalue weighted by molar-refractivity contribution is 0.534. The van der Waals surface area contributed by atoms with Crippen molar-refractivity contribution in [2.75, 3.05) is 0 Å². The SMILES string of the molecule is Fc1ncoc1Cl. The quantitative estimate of drug-likeness (QED) is 0.520. The van der Waals surface area contributed by atoms with Gasteiger partial charge in [-0.05, 0) is 11.6 Å². The van der Waals surface area contributed by atoms with Crippen LogP contribution in [0.5, 0.6) is 0 Å². The maximum Gasteiger partial charge on any atom is 0.270 e. The van der Waals surface area contributed by atoms with E-state index in [1.54, 1.807) is 0 Å². The van der Waals surface area contributed by atoms with E-state index in [0.717, 1.165) is 6.39 Å². The van der Waals surface area contributed by atoms with Crippen molar-refractivity contribution in [2.45, 2.75) is 0 Å². The molecular formula is C3HClFNO. The van der Waals surface area contributed by atoms with Crippen LogP contribution < -0.4 is 0 Å². The van der Waals surface area contributed by atoms with Crippen LogP contribution in [-0.2, 0) is 0 Å². The van der Waals surface area contributed by atoms with E-state index in [2.05, 4.69) is 9.40 Å². The molecule has 1 rings (SSSR count). The Morgan fingerprint density at radius 1 is 1.86 bits per heavy atom. The fourth-order valence-corrected chi connectivity index (χ4v) is 0.307. The molecule has 0 aromatic carbocycles. The molecule has 7 heavy (non-hydrogen) atoms. The zero-order valence-corrected chi connectivity index (χ0v) is 3.94. The third kappa shape index (κ3) is 0.718. The van der Waals surface area contributed by atoms with Gasteiger partial charge in [0.05, 0.1) is 0 Å². The summed E-state index contributed by atoms with van der Waals surface area (Å²) in [6.45, 7) is 0. The Morgan fingerprint density at radius 3 is 2.71 bits per heavy atom. The van der Waals surface area contributed by atoms with Gasteiger partial charge in [0.2, 0.25) is 5.22 Å². The molecule has 0 amide bonds.